The number of hydrogen-bond acceptors (Lipinski definition) is 5. The van der Waals surface area contributed by atoms with E-state index in [1.54, 1.807) is 14.0 Å². The quantitative estimate of drug-likeness (QED) is 0.282. The molecule has 1 heterocycles. The van der Waals surface area contributed by atoms with Gasteiger partial charge in [0.2, 0.25) is 0 Å². The van der Waals surface area contributed by atoms with E-state index in [0.717, 1.165) is 51.4 Å². The molecule has 0 unspecified atom stereocenters. The van der Waals surface area contributed by atoms with E-state index in [1.165, 1.54) is 12.8 Å². The fourth-order valence-electron chi connectivity index (χ4n) is 12.3. The van der Waals surface area contributed by atoms with Crippen LogP contribution in [0.1, 0.15) is 120 Å². The highest BCUT2D eigenvalue weighted by atomic mass is 16.6. The van der Waals surface area contributed by atoms with Gasteiger partial charge in [0.1, 0.15) is 11.7 Å². The van der Waals surface area contributed by atoms with E-state index in [9.17, 15) is 9.59 Å². The number of fused-ring (bicyclic) bond motifs is 5. The SMILES string of the molecule is COC(=O)[C@]12CCC(C)(C)C[C@H]1[C@]13O[C@H]1C[C@@H]1[C@@]4(C)CC[C@H](OC(C)=O)C(C)(C)[C@@H]4CC[C@@]1(C)[C@]3(C)CC2. The molecule has 214 valence electrons. The lowest BCUT2D eigenvalue weighted by Gasteiger charge is -2.72. The Morgan fingerprint density at radius 1 is 0.816 bits per heavy atom. The van der Waals surface area contributed by atoms with Crippen LogP contribution in [0.4, 0.5) is 0 Å². The first kappa shape index (κ1) is 27.1. The standard InChI is InChI=1S/C33H52O5/c1-20(34)37-24-11-12-29(6)21(28(24,4)5)10-13-30(7)22(29)18-25-33(38-25)23-19-27(2,3)14-16-32(23,26(35)36-9)17-15-31(30,33)8/h21-25H,10-19H2,1-9H3/t21-,22+,23+,24-,25-,29-,30+,31-,32-,33-/m0/s1. The van der Waals surface area contributed by atoms with Gasteiger partial charge in [0.15, 0.2) is 0 Å². The molecule has 0 aromatic rings. The van der Waals surface area contributed by atoms with Gasteiger partial charge in [0.25, 0.3) is 0 Å². The zero-order chi connectivity index (χ0) is 27.7. The lowest BCUT2D eigenvalue weighted by molar-refractivity contribution is -0.247. The van der Waals surface area contributed by atoms with Crippen molar-refractivity contribution < 1.29 is 23.8 Å². The van der Waals surface area contributed by atoms with Gasteiger partial charge in [-0.2, -0.15) is 0 Å². The summed E-state index contributed by atoms with van der Waals surface area (Å²) in [5.74, 6) is 1.18. The molecule has 6 aliphatic rings. The van der Waals surface area contributed by atoms with Crippen LogP contribution < -0.4 is 0 Å². The Hall–Kier alpha value is -1.10. The van der Waals surface area contributed by atoms with Crippen LogP contribution in [0.15, 0.2) is 0 Å². The minimum absolute atomic E-state index is 0.00213. The summed E-state index contributed by atoms with van der Waals surface area (Å²) < 4.78 is 18.5. The van der Waals surface area contributed by atoms with E-state index < -0.39 is 5.41 Å². The molecule has 0 aromatic heterocycles. The van der Waals surface area contributed by atoms with Gasteiger partial charge in [-0.3, -0.25) is 9.59 Å². The third-order valence-electron chi connectivity index (χ3n) is 14.5. The van der Waals surface area contributed by atoms with Crippen molar-refractivity contribution in [3.8, 4) is 0 Å². The van der Waals surface area contributed by atoms with E-state index in [4.69, 9.17) is 14.2 Å². The second-order valence-electron chi connectivity index (χ2n) is 16.6. The van der Waals surface area contributed by atoms with Crippen molar-refractivity contribution in [1.29, 1.82) is 0 Å². The zero-order valence-electron chi connectivity index (χ0n) is 25.5. The normalized spacial score (nSPS) is 53.7. The Morgan fingerprint density at radius 2 is 1.50 bits per heavy atom. The molecule has 5 saturated carbocycles. The molecule has 38 heavy (non-hydrogen) atoms. The highest BCUT2D eigenvalue weighted by Gasteiger charge is 2.85. The number of carbonyl (C=O) groups is 2. The molecule has 1 aliphatic heterocycles. The van der Waals surface area contributed by atoms with Gasteiger partial charge in [-0.1, -0.05) is 48.5 Å². The zero-order valence-corrected chi connectivity index (χ0v) is 25.5. The van der Waals surface area contributed by atoms with Crippen molar-refractivity contribution in [2.45, 2.75) is 137 Å². The molecule has 1 saturated heterocycles. The first-order chi connectivity index (χ1) is 17.5. The number of carbonyl (C=O) groups excluding carboxylic acids is 2. The Labute approximate surface area is 230 Å². The van der Waals surface area contributed by atoms with Crippen LogP contribution in [0.3, 0.4) is 0 Å². The predicted molar refractivity (Wildman–Crippen MR) is 146 cm³/mol. The number of hydrogen-bond donors (Lipinski definition) is 0. The summed E-state index contributed by atoms with van der Waals surface area (Å²) in [6.07, 6.45) is 10.8. The fraction of sp³-hybridized carbons (Fsp3) is 0.939. The Morgan fingerprint density at radius 3 is 2.16 bits per heavy atom. The van der Waals surface area contributed by atoms with Gasteiger partial charge in [0.05, 0.1) is 18.6 Å². The molecule has 6 fully saturated rings. The van der Waals surface area contributed by atoms with Gasteiger partial charge >= 0.3 is 11.9 Å². The van der Waals surface area contributed by atoms with E-state index in [1.807, 2.05) is 0 Å². The molecule has 6 rings (SSSR count). The maximum absolute atomic E-state index is 13.5. The monoisotopic (exact) mass is 528 g/mol. The number of epoxide rings is 1. The van der Waals surface area contributed by atoms with Crippen molar-refractivity contribution >= 4 is 11.9 Å². The van der Waals surface area contributed by atoms with Crippen molar-refractivity contribution in [2.75, 3.05) is 7.11 Å². The summed E-state index contributed by atoms with van der Waals surface area (Å²) in [7, 11) is 1.58. The molecular formula is C33H52O5. The molecule has 0 amide bonds. The van der Waals surface area contributed by atoms with Crippen LogP contribution in [0.25, 0.3) is 0 Å². The van der Waals surface area contributed by atoms with Crippen LogP contribution in [0.2, 0.25) is 0 Å². The van der Waals surface area contributed by atoms with Gasteiger partial charge in [-0.25, -0.2) is 0 Å². The topological polar surface area (TPSA) is 65.1 Å². The average molecular weight is 529 g/mol. The number of ether oxygens (including phenoxy) is 3. The molecule has 0 radical (unpaired) electrons. The van der Waals surface area contributed by atoms with Gasteiger partial charge in [-0.15, -0.1) is 0 Å². The van der Waals surface area contributed by atoms with Crippen molar-refractivity contribution in [1.82, 2.24) is 0 Å². The third-order valence-corrected chi connectivity index (χ3v) is 14.5. The Bertz CT molecular complexity index is 1050. The van der Waals surface area contributed by atoms with Crippen molar-refractivity contribution in [2.24, 2.45) is 50.2 Å². The van der Waals surface area contributed by atoms with Crippen LogP contribution in [0, 0.1) is 50.2 Å². The molecule has 5 nitrogen and oxygen atoms in total. The summed E-state index contributed by atoms with van der Waals surface area (Å²) in [6, 6.07) is 0. The van der Waals surface area contributed by atoms with Crippen LogP contribution in [-0.4, -0.2) is 36.9 Å². The van der Waals surface area contributed by atoms with Crippen molar-refractivity contribution in [3.05, 3.63) is 0 Å². The van der Waals surface area contributed by atoms with Gasteiger partial charge in [0, 0.05) is 23.7 Å². The first-order valence-corrected chi connectivity index (χ1v) is 15.5. The molecule has 0 bridgehead atoms. The molecule has 0 aromatic carbocycles. The number of methoxy groups -OCH3 is 1. The molecule has 10 atom stereocenters. The fourth-order valence-corrected chi connectivity index (χ4v) is 12.3. The maximum atomic E-state index is 13.5. The second kappa shape index (κ2) is 7.79. The summed E-state index contributed by atoms with van der Waals surface area (Å²) in [5.41, 5.74) is -0.0561. The molecule has 5 aliphatic carbocycles. The highest BCUT2D eigenvalue weighted by Crippen LogP contribution is 2.83. The molecular weight excluding hydrogens is 476 g/mol. The van der Waals surface area contributed by atoms with Crippen LogP contribution in [-0.2, 0) is 23.8 Å². The summed E-state index contributed by atoms with van der Waals surface area (Å²) in [5, 5.41) is 0. The Kier molecular flexibility index (Phi) is 5.56. The van der Waals surface area contributed by atoms with E-state index in [-0.39, 0.29) is 62.7 Å². The number of rotatable bonds is 2. The summed E-state index contributed by atoms with van der Waals surface area (Å²) in [4.78, 5) is 25.5. The van der Waals surface area contributed by atoms with Gasteiger partial charge < -0.3 is 14.2 Å². The minimum Gasteiger partial charge on any atom is -0.469 e. The smallest absolute Gasteiger partial charge is 0.312 e. The average Bonchev–Trinajstić information content (AvgIpc) is 3.56. The largest absolute Gasteiger partial charge is 0.469 e. The summed E-state index contributed by atoms with van der Waals surface area (Å²) >= 11 is 0. The van der Waals surface area contributed by atoms with Crippen molar-refractivity contribution in [3.63, 3.8) is 0 Å². The van der Waals surface area contributed by atoms with Crippen LogP contribution in [0.5, 0.6) is 0 Å². The van der Waals surface area contributed by atoms with Gasteiger partial charge in [-0.05, 0) is 92.3 Å². The second-order valence-corrected chi connectivity index (χ2v) is 16.6. The minimum atomic E-state index is -0.396. The summed E-state index contributed by atoms with van der Waals surface area (Å²) in [6.45, 7) is 18.7. The van der Waals surface area contributed by atoms with E-state index >= 15 is 0 Å². The maximum Gasteiger partial charge on any atom is 0.312 e. The van der Waals surface area contributed by atoms with Crippen LogP contribution >= 0.6 is 0 Å². The highest BCUT2D eigenvalue weighted by molar-refractivity contribution is 5.78. The number of esters is 2. The molecule has 1 spiro atoms. The first-order valence-electron chi connectivity index (χ1n) is 15.5. The molecule has 5 heteroatoms. The van der Waals surface area contributed by atoms with E-state index in [2.05, 4.69) is 48.5 Å². The molecule has 0 N–H and O–H groups in total. The lowest BCUT2D eigenvalue weighted by atomic mass is 9.31. The third kappa shape index (κ3) is 3.04. The Balaban J connectivity index is 1.40. The lowest BCUT2D eigenvalue weighted by Crippen LogP contribution is -2.71. The predicted octanol–water partition coefficient (Wildman–Crippen LogP) is 7.10. The van der Waals surface area contributed by atoms with E-state index in [0.29, 0.717) is 11.8 Å².